The fourth-order valence-electron chi connectivity index (χ4n) is 1.98. The zero-order valence-corrected chi connectivity index (χ0v) is 10.9. The Morgan fingerprint density at radius 1 is 1.59 bits per heavy atom. The number of hydrogen-bond acceptors (Lipinski definition) is 5. The van der Waals surface area contributed by atoms with Crippen LogP contribution in [0.2, 0.25) is 0 Å². The van der Waals surface area contributed by atoms with Crippen LogP contribution in [0.5, 0.6) is 0 Å². The first-order chi connectivity index (χ1) is 8.16. The monoisotopic (exact) mass is 254 g/mol. The molecule has 5 nitrogen and oxygen atoms in total. The van der Waals surface area contributed by atoms with E-state index in [9.17, 15) is 4.79 Å². The number of likely N-dealkylation sites (N-methyl/N-ethyl adjacent to an activating group) is 1. The molecule has 1 aliphatic rings. The van der Waals surface area contributed by atoms with Crippen LogP contribution in [0.3, 0.4) is 0 Å². The Morgan fingerprint density at radius 3 is 2.88 bits per heavy atom. The molecule has 0 aliphatic carbocycles. The van der Waals surface area contributed by atoms with Crippen LogP contribution < -0.4 is 5.73 Å². The number of aromatic nitrogens is 1. The van der Waals surface area contributed by atoms with Crippen molar-refractivity contribution in [3.8, 4) is 0 Å². The van der Waals surface area contributed by atoms with Gasteiger partial charge in [0.25, 0.3) is 5.91 Å². The number of likely N-dealkylation sites (tertiary alicyclic amines) is 1. The fourth-order valence-corrected chi connectivity index (χ4v) is 2.52. The third-order valence-electron chi connectivity index (χ3n) is 3.04. The summed E-state index contributed by atoms with van der Waals surface area (Å²) in [5, 5.41) is 2.16. The van der Waals surface area contributed by atoms with Crippen LogP contribution in [0, 0.1) is 0 Å². The predicted molar refractivity (Wildman–Crippen MR) is 69.2 cm³/mol. The Kier molecular flexibility index (Phi) is 3.96. The summed E-state index contributed by atoms with van der Waals surface area (Å²) in [5.74, 6) is -0.0443. The van der Waals surface area contributed by atoms with Crippen LogP contribution in [0.4, 0.5) is 5.13 Å². The van der Waals surface area contributed by atoms with Crippen molar-refractivity contribution in [1.29, 1.82) is 0 Å². The largest absolute Gasteiger partial charge is 0.375 e. The molecule has 6 heteroatoms. The molecule has 1 saturated heterocycles. The summed E-state index contributed by atoms with van der Waals surface area (Å²) in [5.41, 5.74) is 5.97. The van der Waals surface area contributed by atoms with Crippen molar-refractivity contribution >= 4 is 22.4 Å². The number of rotatable bonds is 4. The number of carbonyl (C=O) groups is 1. The molecule has 94 valence electrons. The Balaban J connectivity index is 1.82. The lowest BCUT2D eigenvalue weighted by molar-refractivity contribution is 0.0777. The Bertz CT molecular complexity index is 387. The average Bonchev–Trinajstić information content (AvgIpc) is 2.95. The molecule has 1 fully saturated rings. The van der Waals surface area contributed by atoms with Gasteiger partial charge in [-0.25, -0.2) is 4.98 Å². The summed E-state index contributed by atoms with van der Waals surface area (Å²) in [4.78, 5) is 20.1. The molecule has 2 N–H and O–H groups in total. The molecule has 17 heavy (non-hydrogen) atoms. The van der Waals surface area contributed by atoms with Gasteiger partial charge >= 0.3 is 0 Å². The minimum atomic E-state index is -0.0443. The smallest absolute Gasteiger partial charge is 0.273 e. The van der Waals surface area contributed by atoms with Crippen molar-refractivity contribution in [3.63, 3.8) is 0 Å². The quantitative estimate of drug-likeness (QED) is 0.867. The molecule has 0 unspecified atom stereocenters. The number of thiazole rings is 1. The summed E-state index contributed by atoms with van der Waals surface area (Å²) in [6.07, 6.45) is 2.56. The van der Waals surface area contributed by atoms with Crippen molar-refractivity contribution in [3.05, 3.63) is 11.1 Å². The molecule has 0 spiro atoms. The van der Waals surface area contributed by atoms with E-state index in [1.807, 2.05) is 7.05 Å². The first-order valence-electron chi connectivity index (χ1n) is 5.85. The maximum Gasteiger partial charge on any atom is 0.273 e. The molecule has 0 bridgehead atoms. The summed E-state index contributed by atoms with van der Waals surface area (Å²) >= 11 is 1.30. The average molecular weight is 254 g/mol. The molecular weight excluding hydrogens is 236 g/mol. The van der Waals surface area contributed by atoms with E-state index >= 15 is 0 Å². The van der Waals surface area contributed by atoms with E-state index in [4.69, 9.17) is 5.73 Å². The molecule has 0 saturated carbocycles. The Morgan fingerprint density at radius 2 is 2.29 bits per heavy atom. The number of nitrogens with two attached hydrogens (primary N) is 1. The van der Waals surface area contributed by atoms with Crippen molar-refractivity contribution in [2.45, 2.75) is 12.8 Å². The third kappa shape index (κ3) is 3.17. The van der Waals surface area contributed by atoms with Crippen molar-refractivity contribution in [2.75, 3.05) is 39.0 Å². The number of nitrogen functional groups attached to an aromatic ring is 1. The molecule has 0 aromatic carbocycles. The predicted octanol–water partition coefficient (Wildman–Crippen LogP) is 0.893. The van der Waals surface area contributed by atoms with Gasteiger partial charge in [0.15, 0.2) is 5.13 Å². The van der Waals surface area contributed by atoms with Crippen LogP contribution in [-0.2, 0) is 0 Å². The van der Waals surface area contributed by atoms with Gasteiger partial charge in [-0.2, -0.15) is 0 Å². The van der Waals surface area contributed by atoms with E-state index in [-0.39, 0.29) is 5.91 Å². The number of nitrogens with zero attached hydrogens (tertiary/aromatic N) is 3. The maximum absolute atomic E-state index is 12.0. The van der Waals surface area contributed by atoms with E-state index in [0.717, 1.165) is 26.2 Å². The second-order valence-electron chi connectivity index (χ2n) is 4.35. The maximum atomic E-state index is 12.0. The van der Waals surface area contributed by atoms with Gasteiger partial charge in [0, 0.05) is 25.5 Å². The van der Waals surface area contributed by atoms with Gasteiger partial charge in [-0.15, -0.1) is 11.3 Å². The third-order valence-corrected chi connectivity index (χ3v) is 3.71. The lowest BCUT2D eigenvalue weighted by atomic mass is 10.4. The highest BCUT2D eigenvalue weighted by atomic mass is 32.1. The normalized spacial score (nSPS) is 16.3. The number of carbonyl (C=O) groups excluding carboxylic acids is 1. The second kappa shape index (κ2) is 5.46. The fraction of sp³-hybridized carbons (Fsp3) is 0.636. The minimum absolute atomic E-state index is 0.0443. The van der Waals surface area contributed by atoms with Gasteiger partial charge in [-0.05, 0) is 25.9 Å². The minimum Gasteiger partial charge on any atom is -0.375 e. The van der Waals surface area contributed by atoms with Crippen LogP contribution in [-0.4, -0.2) is 53.9 Å². The van der Waals surface area contributed by atoms with Crippen molar-refractivity contribution in [1.82, 2.24) is 14.8 Å². The van der Waals surface area contributed by atoms with E-state index in [0.29, 0.717) is 10.8 Å². The highest BCUT2D eigenvalue weighted by Crippen LogP contribution is 2.13. The highest BCUT2D eigenvalue weighted by molar-refractivity contribution is 7.13. The molecular formula is C11H18N4OS. The summed E-state index contributed by atoms with van der Waals surface area (Å²) in [7, 11) is 1.81. The summed E-state index contributed by atoms with van der Waals surface area (Å²) in [6, 6.07) is 0. The van der Waals surface area contributed by atoms with E-state index in [1.165, 1.54) is 24.2 Å². The van der Waals surface area contributed by atoms with Crippen molar-refractivity contribution < 1.29 is 4.79 Å². The number of anilines is 1. The van der Waals surface area contributed by atoms with Gasteiger partial charge in [-0.1, -0.05) is 0 Å². The summed E-state index contributed by atoms with van der Waals surface area (Å²) in [6.45, 7) is 4.01. The number of hydrogen-bond donors (Lipinski definition) is 1. The Labute approximate surface area is 105 Å². The lowest BCUT2D eigenvalue weighted by Gasteiger charge is -2.20. The van der Waals surface area contributed by atoms with Crippen molar-refractivity contribution in [2.24, 2.45) is 0 Å². The van der Waals surface area contributed by atoms with Gasteiger partial charge in [0.2, 0.25) is 0 Å². The molecule has 1 amide bonds. The Hall–Kier alpha value is -1.14. The van der Waals surface area contributed by atoms with E-state index in [2.05, 4.69) is 9.88 Å². The number of amides is 1. The van der Waals surface area contributed by atoms with Crippen LogP contribution >= 0.6 is 11.3 Å². The van der Waals surface area contributed by atoms with E-state index in [1.54, 1.807) is 10.3 Å². The highest BCUT2D eigenvalue weighted by Gasteiger charge is 2.17. The zero-order valence-electron chi connectivity index (χ0n) is 10.1. The van der Waals surface area contributed by atoms with E-state index < -0.39 is 0 Å². The molecule has 1 aromatic rings. The lowest BCUT2D eigenvalue weighted by Crippen LogP contribution is -2.35. The molecule has 2 rings (SSSR count). The van der Waals surface area contributed by atoms with Gasteiger partial charge in [-0.3, -0.25) is 4.79 Å². The molecule has 2 heterocycles. The zero-order chi connectivity index (χ0) is 12.3. The first-order valence-corrected chi connectivity index (χ1v) is 6.73. The summed E-state index contributed by atoms with van der Waals surface area (Å²) < 4.78 is 0. The van der Waals surface area contributed by atoms with Crippen LogP contribution in [0.25, 0.3) is 0 Å². The van der Waals surface area contributed by atoms with Crippen LogP contribution in [0.1, 0.15) is 23.3 Å². The SMILES string of the molecule is CN(CCN1CCCC1)C(=O)c1csc(N)n1. The van der Waals surface area contributed by atoms with Crippen LogP contribution in [0.15, 0.2) is 5.38 Å². The van der Waals surface area contributed by atoms with Gasteiger partial charge in [0.05, 0.1) is 0 Å². The first kappa shape index (κ1) is 12.3. The molecule has 0 radical (unpaired) electrons. The molecule has 0 atom stereocenters. The van der Waals surface area contributed by atoms with Gasteiger partial charge < -0.3 is 15.5 Å². The standard InChI is InChI=1S/C11H18N4OS/c1-14(6-7-15-4-2-3-5-15)10(16)9-8-17-11(12)13-9/h8H,2-7H2,1H3,(H2,12,13). The van der Waals surface area contributed by atoms with Gasteiger partial charge in [0.1, 0.15) is 5.69 Å². The molecule has 1 aliphatic heterocycles. The second-order valence-corrected chi connectivity index (χ2v) is 5.24. The topological polar surface area (TPSA) is 62.5 Å². The molecule has 1 aromatic heterocycles.